The lowest BCUT2D eigenvalue weighted by Gasteiger charge is -2.21. The molecule has 200 valence electrons. The number of nitrogens with one attached hydrogen (secondary N) is 1. The Morgan fingerprint density at radius 3 is 2.39 bits per heavy atom. The molecule has 1 unspecified atom stereocenters. The Labute approximate surface area is 228 Å². The minimum atomic E-state index is -2.98. The molecule has 0 spiro atoms. The summed E-state index contributed by atoms with van der Waals surface area (Å²) < 4.78 is 41.2. The van der Waals surface area contributed by atoms with Crippen LogP contribution in [-0.2, 0) is 16.0 Å². The third-order valence-electron chi connectivity index (χ3n) is 5.80. The summed E-state index contributed by atoms with van der Waals surface area (Å²) in [4.78, 5) is 26.2. The van der Waals surface area contributed by atoms with Gasteiger partial charge in [-0.2, -0.15) is 8.78 Å². The fourth-order valence-electron chi connectivity index (χ4n) is 3.69. The summed E-state index contributed by atoms with van der Waals surface area (Å²) in [6.07, 6.45) is 4.39. The standard InChI is InChI=1S/C20H19Cl2F2NO4.C7H5NO/c1-11(26)28-18(7-14-15(21)8-25-9-16(14)22)13-4-5-17(29-20(23)24)19(6-13)27-10-12-2-3-12;9-7-5-3-1-2-4-6(5)8-7/h4-6,8-9,12,18,20H,2-3,7,10H2,1H3;1-4H,(H,8,9). The molecule has 0 bridgehead atoms. The highest BCUT2D eigenvalue weighted by atomic mass is 35.5. The van der Waals surface area contributed by atoms with Gasteiger partial charge in [0.25, 0.3) is 5.91 Å². The van der Waals surface area contributed by atoms with Crippen LogP contribution in [0.25, 0.3) is 0 Å². The molecule has 1 amide bonds. The van der Waals surface area contributed by atoms with Crippen LogP contribution in [-0.4, -0.2) is 30.1 Å². The van der Waals surface area contributed by atoms with Crippen LogP contribution < -0.4 is 14.8 Å². The highest BCUT2D eigenvalue weighted by Gasteiger charge is 2.25. The van der Waals surface area contributed by atoms with Gasteiger partial charge in [-0.3, -0.25) is 14.6 Å². The van der Waals surface area contributed by atoms with Crippen molar-refractivity contribution >= 4 is 40.8 Å². The second-order valence-corrected chi connectivity index (χ2v) is 9.54. The topological polar surface area (TPSA) is 86.8 Å². The molecule has 1 N–H and O–H groups in total. The third-order valence-corrected chi connectivity index (χ3v) is 6.45. The van der Waals surface area contributed by atoms with Gasteiger partial charge >= 0.3 is 12.6 Å². The average Bonchev–Trinajstić information content (AvgIpc) is 3.69. The molecule has 1 aromatic heterocycles. The lowest BCUT2D eigenvalue weighted by Crippen LogP contribution is -2.23. The number of carbonyl (C=O) groups excluding carboxylic acids is 2. The largest absolute Gasteiger partial charge is 0.489 e. The van der Waals surface area contributed by atoms with E-state index >= 15 is 0 Å². The minimum absolute atomic E-state index is 0.0330. The van der Waals surface area contributed by atoms with Gasteiger partial charge in [0.2, 0.25) is 0 Å². The van der Waals surface area contributed by atoms with Gasteiger partial charge in [0.05, 0.1) is 27.9 Å². The number of para-hydroxylation sites is 1. The summed E-state index contributed by atoms with van der Waals surface area (Å²) in [7, 11) is 0. The van der Waals surface area contributed by atoms with Crippen LogP contribution in [0, 0.1) is 5.92 Å². The number of esters is 1. The number of carbonyl (C=O) groups is 2. The molecule has 1 fully saturated rings. The van der Waals surface area contributed by atoms with Crippen molar-refractivity contribution in [1.29, 1.82) is 0 Å². The molecule has 5 rings (SSSR count). The van der Waals surface area contributed by atoms with E-state index in [2.05, 4.69) is 15.0 Å². The molecule has 2 heterocycles. The van der Waals surface area contributed by atoms with E-state index in [0.29, 0.717) is 33.7 Å². The maximum atomic E-state index is 12.7. The molecule has 11 heteroatoms. The summed E-state index contributed by atoms with van der Waals surface area (Å²) in [5.74, 6) is 0.0248. The van der Waals surface area contributed by atoms with E-state index in [-0.39, 0.29) is 23.8 Å². The third kappa shape index (κ3) is 7.33. The van der Waals surface area contributed by atoms with E-state index < -0.39 is 18.7 Å². The molecular formula is C27H24Cl2F2N2O5. The van der Waals surface area contributed by atoms with Gasteiger partial charge in [0.1, 0.15) is 6.10 Å². The second-order valence-electron chi connectivity index (χ2n) is 8.72. The first kappa shape index (κ1) is 27.6. The van der Waals surface area contributed by atoms with Crippen LogP contribution in [0.2, 0.25) is 10.0 Å². The number of rotatable bonds is 9. The van der Waals surface area contributed by atoms with Crippen molar-refractivity contribution in [2.75, 3.05) is 11.9 Å². The van der Waals surface area contributed by atoms with Gasteiger partial charge < -0.3 is 19.5 Å². The predicted octanol–water partition coefficient (Wildman–Crippen LogP) is 6.88. The monoisotopic (exact) mass is 564 g/mol. The molecule has 0 saturated heterocycles. The summed E-state index contributed by atoms with van der Waals surface area (Å²) in [6, 6.07) is 11.9. The molecule has 7 nitrogen and oxygen atoms in total. The highest BCUT2D eigenvalue weighted by molar-refractivity contribution is 6.35. The number of fused-ring (bicyclic) bond motifs is 1. The molecular weight excluding hydrogens is 541 g/mol. The number of pyridine rings is 1. The summed E-state index contributed by atoms with van der Waals surface area (Å²) in [6.45, 7) is -1.30. The lowest BCUT2D eigenvalue weighted by molar-refractivity contribution is -0.146. The zero-order chi connectivity index (χ0) is 27.2. The van der Waals surface area contributed by atoms with E-state index in [1.807, 2.05) is 24.3 Å². The normalized spacial score (nSPS) is 14.3. The van der Waals surface area contributed by atoms with Crippen molar-refractivity contribution in [3.05, 3.63) is 81.6 Å². The Morgan fingerprint density at radius 1 is 1.11 bits per heavy atom. The maximum Gasteiger partial charge on any atom is 0.387 e. The number of hydrogen-bond donors (Lipinski definition) is 1. The molecule has 1 atom stereocenters. The Hall–Kier alpha value is -3.43. The van der Waals surface area contributed by atoms with Crippen molar-refractivity contribution < 1.29 is 32.6 Å². The number of amides is 1. The number of anilines is 1. The number of nitrogens with zero attached hydrogens (tertiary/aromatic N) is 1. The fourth-order valence-corrected chi connectivity index (χ4v) is 4.21. The first-order valence-electron chi connectivity index (χ1n) is 11.8. The Balaban J connectivity index is 0.000000311. The summed E-state index contributed by atoms with van der Waals surface area (Å²) in [5, 5.41) is 3.31. The average molecular weight is 565 g/mol. The predicted molar refractivity (Wildman–Crippen MR) is 138 cm³/mol. The van der Waals surface area contributed by atoms with E-state index in [0.717, 1.165) is 24.1 Å². The molecule has 0 radical (unpaired) electrons. The second kappa shape index (κ2) is 12.4. The van der Waals surface area contributed by atoms with E-state index in [4.69, 9.17) is 32.7 Å². The van der Waals surface area contributed by atoms with Crippen molar-refractivity contribution in [1.82, 2.24) is 4.98 Å². The van der Waals surface area contributed by atoms with Crippen LogP contribution in [0.3, 0.4) is 0 Å². The van der Waals surface area contributed by atoms with Gasteiger partial charge in [-0.15, -0.1) is 0 Å². The summed E-state index contributed by atoms with van der Waals surface area (Å²) in [5.41, 5.74) is 2.85. The number of halogens is 4. The van der Waals surface area contributed by atoms with Crippen molar-refractivity contribution in [2.24, 2.45) is 5.92 Å². The molecule has 1 saturated carbocycles. The van der Waals surface area contributed by atoms with Gasteiger partial charge in [0, 0.05) is 25.7 Å². The van der Waals surface area contributed by atoms with Crippen LogP contribution in [0.5, 0.6) is 11.5 Å². The Morgan fingerprint density at radius 2 is 1.82 bits per heavy atom. The van der Waals surface area contributed by atoms with E-state index in [9.17, 15) is 18.4 Å². The van der Waals surface area contributed by atoms with Gasteiger partial charge in [-0.05, 0) is 54.2 Å². The van der Waals surface area contributed by atoms with Gasteiger partial charge in [0.15, 0.2) is 11.5 Å². The zero-order valence-corrected chi connectivity index (χ0v) is 21.8. The summed E-state index contributed by atoms with van der Waals surface area (Å²) >= 11 is 12.4. The molecule has 1 aliphatic heterocycles. The highest BCUT2D eigenvalue weighted by Crippen LogP contribution is 2.37. The van der Waals surface area contributed by atoms with Gasteiger partial charge in [-0.1, -0.05) is 41.4 Å². The number of aromatic nitrogens is 1. The quantitative estimate of drug-likeness (QED) is 0.285. The molecule has 3 aromatic rings. The first-order valence-corrected chi connectivity index (χ1v) is 12.5. The van der Waals surface area contributed by atoms with Crippen molar-refractivity contribution in [2.45, 2.75) is 38.9 Å². The Bertz CT molecular complexity index is 1300. The number of alkyl halides is 2. The lowest BCUT2D eigenvalue weighted by atomic mass is 10.0. The SMILES string of the molecule is CC(=O)OC(Cc1c(Cl)cncc1Cl)c1ccc(OC(F)F)c(OCC2CC2)c1.O=C1Nc2ccccc21. The van der Waals surface area contributed by atoms with E-state index in [1.54, 1.807) is 0 Å². The molecule has 1 aliphatic carbocycles. The molecule has 2 aliphatic rings. The zero-order valence-electron chi connectivity index (χ0n) is 20.3. The maximum absolute atomic E-state index is 12.7. The van der Waals surface area contributed by atoms with Crippen LogP contribution in [0.1, 0.15) is 47.4 Å². The van der Waals surface area contributed by atoms with Gasteiger partial charge in [-0.25, -0.2) is 0 Å². The van der Waals surface area contributed by atoms with Crippen LogP contribution >= 0.6 is 23.2 Å². The number of benzene rings is 2. The fraction of sp³-hybridized carbons (Fsp3) is 0.296. The van der Waals surface area contributed by atoms with E-state index in [1.165, 1.54) is 37.5 Å². The Kier molecular flexibility index (Phi) is 9.01. The molecule has 2 aromatic carbocycles. The number of hydrogen-bond acceptors (Lipinski definition) is 6. The van der Waals surface area contributed by atoms with Crippen LogP contribution in [0.15, 0.2) is 54.9 Å². The first-order chi connectivity index (χ1) is 18.2. The smallest absolute Gasteiger partial charge is 0.387 e. The molecule has 38 heavy (non-hydrogen) atoms. The van der Waals surface area contributed by atoms with Crippen molar-refractivity contribution in [3.63, 3.8) is 0 Å². The van der Waals surface area contributed by atoms with Crippen molar-refractivity contribution in [3.8, 4) is 11.5 Å². The number of ether oxygens (including phenoxy) is 3. The van der Waals surface area contributed by atoms with Crippen LogP contribution in [0.4, 0.5) is 14.5 Å². The minimum Gasteiger partial charge on any atom is -0.489 e.